The van der Waals surface area contributed by atoms with E-state index in [1.807, 2.05) is 31.7 Å². The molecule has 2 nitrogen and oxygen atoms in total. The minimum atomic E-state index is 0.815. The van der Waals surface area contributed by atoms with Crippen molar-refractivity contribution in [3.8, 4) is 0 Å². The van der Waals surface area contributed by atoms with Gasteiger partial charge in [-0.1, -0.05) is 0 Å². The first-order valence-electron chi connectivity index (χ1n) is 4.59. The summed E-state index contributed by atoms with van der Waals surface area (Å²) in [7, 11) is 0. The number of ether oxygens (including phenoxy) is 1. The van der Waals surface area contributed by atoms with Gasteiger partial charge < -0.3 is 9.15 Å². The maximum Gasteiger partial charge on any atom is 0.114 e. The second kappa shape index (κ2) is 6.11. The minimum absolute atomic E-state index is 0.815. The Hall–Kier alpha value is -0.410. The van der Waals surface area contributed by atoms with Crippen molar-refractivity contribution in [2.45, 2.75) is 25.2 Å². The van der Waals surface area contributed by atoms with E-state index in [4.69, 9.17) is 9.15 Å². The molecule has 1 heterocycles. The minimum Gasteiger partial charge on any atom is -0.468 e. The molecule has 0 spiro atoms. The molecule has 0 amide bonds. The number of furan rings is 1. The summed E-state index contributed by atoms with van der Waals surface area (Å²) in [5, 5.41) is 0. The molecule has 74 valence electrons. The topological polar surface area (TPSA) is 22.4 Å². The molecule has 0 aliphatic heterocycles. The van der Waals surface area contributed by atoms with Crippen molar-refractivity contribution in [3.63, 3.8) is 0 Å². The summed E-state index contributed by atoms with van der Waals surface area (Å²) in [4.78, 5) is 1.25. The molecule has 1 rings (SSSR count). The van der Waals surface area contributed by atoms with Gasteiger partial charge in [-0.2, -0.15) is 0 Å². The Morgan fingerprint density at radius 1 is 1.54 bits per heavy atom. The first-order valence-corrected chi connectivity index (χ1v) is 5.57. The van der Waals surface area contributed by atoms with Crippen molar-refractivity contribution >= 4 is 11.8 Å². The summed E-state index contributed by atoms with van der Waals surface area (Å²) >= 11 is 1.83. The lowest BCUT2D eigenvalue weighted by Crippen LogP contribution is -1.94. The Kier molecular flexibility index (Phi) is 5.01. The molecule has 0 aliphatic rings. The van der Waals surface area contributed by atoms with E-state index in [0.29, 0.717) is 0 Å². The predicted molar refractivity (Wildman–Crippen MR) is 55.3 cm³/mol. The van der Waals surface area contributed by atoms with Crippen LogP contribution in [0, 0.1) is 6.92 Å². The zero-order valence-electron chi connectivity index (χ0n) is 8.21. The summed E-state index contributed by atoms with van der Waals surface area (Å²) in [5.74, 6) is 2.11. The van der Waals surface area contributed by atoms with E-state index in [1.165, 1.54) is 4.90 Å². The molecule has 0 radical (unpaired) electrons. The standard InChI is InChI=1S/C10H16O2S/c1-3-11-6-4-8-13-10-5-7-12-9(10)2/h5,7H,3-4,6,8H2,1-2H3. The molecule has 0 unspecified atom stereocenters. The van der Waals surface area contributed by atoms with Crippen molar-refractivity contribution in [2.75, 3.05) is 19.0 Å². The zero-order valence-corrected chi connectivity index (χ0v) is 9.02. The summed E-state index contributed by atoms with van der Waals surface area (Å²) in [6.45, 7) is 5.69. The van der Waals surface area contributed by atoms with Crippen LogP contribution in [-0.2, 0) is 4.74 Å². The average molecular weight is 200 g/mol. The van der Waals surface area contributed by atoms with Gasteiger partial charge in [-0.25, -0.2) is 0 Å². The van der Waals surface area contributed by atoms with Gasteiger partial charge in [0.1, 0.15) is 5.76 Å². The molecule has 0 atom stereocenters. The molecule has 0 aromatic carbocycles. The Morgan fingerprint density at radius 3 is 3.00 bits per heavy atom. The van der Waals surface area contributed by atoms with Gasteiger partial charge in [-0.3, -0.25) is 0 Å². The number of rotatable bonds is 6. The first-order chi connectivity index (χ1) is 6.34. The Balaban J connectivity index is 2.10. The van der Waals surface area contributed by atoms with Gasteiger partial charge in [0.2, 0.25) is 0 Å². The third-order valence-electron chi connectivity index (χ3n) is 1.71. The summed E-state index contributed by atoms with van der Waals surface area (Å²) in [6, 6.07) is 2.01. The molecule has 0 saturated carbocycles. The largest absolute Gasteiger partial charge is 0.468 e. The van der Waals surface area contributed by atoms with Crippen LogP contribution in [0.2, 0.25) is 0 Å². The second-order valence-corrected chi connectivity index (χ2v) is 3.88. The van der Waals surface area contributed by atoms with E-state index < -0.39 is 0 Å². The van der Waals surface area contributed by atoms with Crippen LogP contribution in [0.3, 0.4) is 0 Å². The fourth-order valence-corrected chi connectivity index (χ4v) is 1.90. The Morgan fingerprint density at radius 2 is 2.38 bits per heavy atom. The van der Waals surface area contributed by atoms with Gasteiger partial charge in [-0.05, 0) is 26.3 Å². The average Bonchev–Trinajstić information content (AvgIpc) is 2.52. The van der Waals surface area contributed by atoms with Gasteiger partial charge >= 0.3 is 0 Å². The molecular formula is C10H16O2S. The van der Waals surface area contributed by atoms with Crippen molar-refractivity contribution in [1.29, 1.82) is 0 Å². The van der Waals surface area contributed by atoms with E-state index >= 15 is 0 Å². The molecule has 0 aliphatic carbocycles. The van der Waals surface area contributed by atoms with E-state index in [9.17, 15) is 0 Å². The Bertz CT molecular complexity index is 233. The van der Waals surface area contributed by atoms with Crippen molar-refractivity contribution < 1.29 is 9.15 Å². The molecule has 0 saturated heterocycles. The molecule has 0 N–H and O–H groups in total. The molecular weight excluding hydrogens is 184 g/mol. The number of thioether (sulfide) groups is 1. The lowest BCUT2D eigenvalue weighted by molar-refractivity contribution is 0.149. The smallest absolute Gasteiger partial charge is 0.114 e. The highest BCUT2D eigenvalue weighted by molar-refractivity contribution is 7.99. The highest BCUT2D eigenvalue weighted by Gasteiger charge is 2.00. The SMILES string of the molecule is CCOCCCSc1ccoc1C. The van der Waals surface area contributed by atoms with Gasteiger partial charge in [-0.15, -0.1) is 11.8 Å². The van der Waals surface area contributed by atoms with E-state index in [1.54, 1.807) is 6.26 Å². The van der Waals surface area contributed by atoms with E-state index in [-0.39, 0.29) is 0 Å². The number of aryl methyl sites for hydroxylation is 1. The van der Waals surface area contributed by atoms with Gasteiger partial charge in [0.05, 0.1) is 6.26 Å². The van der Waals surface area contributed by atoms with Gasteiger partial charge in [0.25, 0.3) is 0 Å². The maximum absolute atomic E-state index is 5.25. The van der Waals surface area contributed by atoms with Crippen LogP contribution < -0.4 is 0 Å². The van der Waals surface area contributed by atoms with E-state index in [0.717, 1.165) is 31.1 Å². The van der Waals surface area contributed by atoms with Crippen LogP contribution in [-0.4, -0.2) is 19.0 Å². The van der Waals surface area contributed by atoms with Crippen LogP contribution in [0.15, 0.2) is 21.6 Å². The second-order valence-electron chi connectivity index (χ2n) is 2.74. The third kappa shape index (κ3) is 3.87. The van der Waals surface area contributed by atoms with Crippen LogP contribution in [0.25, 0.3) is 0 Å². The van der Waals surface area contributed by atoms with Crippen molar-refractivity contribution in [2.24, 2.45) is 0 Å². The number of hydrogen-bond donors (Lipinski definition) is 0. The number of hydrogen-bond acceptors (Lipinski definition) is 3. The monoisotopic (exact) mass is 200 g/mol. The van der Waals surface area contributed by atoms with Crippen LogP contribution >= 0.6 is 11.8 Å². The Labute approximate surface area is 83.7 Å². The zero-order chi connectivity index (χ0) is 9.52. The van der Waals surface area contributed by atoms with Crippen LogP contribution in [0.4, 0.5) is 0 Å². The normalized spacial score (nSPS) is 10.6. The third-order valence-corrected chi connectivity index (χ3v) is 2.93. The summed E-state index contributed by atoms with van der Waals surface area (Å²) in [5.41, 5.74) is 0. The van der Waals surface area contributed by atoms with Gasteiger partial charge in [0, 0.05) is 23.9 Å². The fraction of sp³-hybridized carbons (Fsp3) is 0.600. The summed E-state index contributed by atoms with van der Waals surface area (Å²) in [6.07, 6.45) is 2.84. The highest BCUT2D eigenvalue weighted by Crippen LogP contribution is 2.23. The fourth-order valence-electron chi connectivity index (χ4n) is 1.01. The molecule has 3 heteroatoms. The van der Waals surface area contributed by atoms with E-state index in [2.05, 4.69) is 0 Å². The molecule has 0 bridgehead atoms. The first kappa shape index (κ1) is 10.7. The maximum atomic E-state index is 5.25. The van der Waals surface area contributed by atoms with Crippen LogP contribution in [0.1, 0.15) is 19.1 Å². The lowest BCUT2D eigenvalue weighted by Gasteiger charge is -2.00. The van der Waals surface area contributed by atoms with Gasteiger partial charge in [0.15, 0.2) is 0 Å². The highest BCUT2D eigenvalue weighted by atomic mass is 32.2. The molecule has 0 fully saturated rings. The lowest BCUT2D eigenvalue weighted by atomic mass is 10.5. The van der Waals surface area contributed by atoms with Crippen molar-refractivity contribution in [1.82, 2.24) is 0 Å². The summed E-state index contributed by atoms with van der Waals surface area (Å²) < 4.78 is 10.4. The predicted octanol–water partition coefficient (Wildman–Crippen LogP) is 3.11. The van der Waals surface area contributed by atoms with Crippen LogP contribution in [0.5, 0.6) is 0 Å². The van der Waals surface area contributed by atoms with Crippen molar-refractivity contribution in [3.05, 3.63) is 18.1 Å². The quantitative estimate of drug-likeness (QED) is 0.520. The molecule has 13 heavy (non-hydrogen) atoms. The molecule has 1 aromatic heterocycles. The molecule has 1 aromatic rings.